The molecule has 10 rings (SSSR count). The van der Waals surface area contributed by atoms with Crippen LogP contribution in [0.3, 0.4) is 0 Å². The summed E-state index contributed by atoms with van der Waals surface area (Å²) in [6, 6.07) is 70.8. The Morgan fingerprint density at radius 1 is 0.242 bits per heavy atom. The van der Waals surface area contributed by atoms with E-state index < -0.39 is 0 Å². The average molecular weight is 794 g/mol. The van der Waals surface area contributed by atoms with Gasteiger partial charge in [-0.15, -0.1) is 0 Å². The Morgan fingerprint density at radius 3 is 1.13 bits per heavy atom. The molecule has 290 valence electrons. The molecule has 0 bridgehead atoms. The lowest BCUT2D eigenvalue weighted by Gasteiger charge is -2.15. The van der Waals surface area contributed by atoms with Crippen LogP contribution in [0.15, 0.2) is 212 Å². The lowest BCUT2D eigenvalue weighted by atomic mass is 9.93. The van der Waals surface area contributed by atoms with Crippen LogP contribution in [0.1, 0.15) is 0 Å². The molecule has 10 aromatic rings. The summed E-state index contributed by atoms with van der Waals surface area (Å²) in [4.78, 5) is 34.2. The summed E-state index contributed by atoms with van der Waals surface area (Å²) >= 11 is 0. The second-order valence-electron chi connectivity index (χ2n) is 14.7. The Kier molecular flexibility index (Phi) is 10.2. The molecule has 0 unspecified atom stereocenters. The zero-order chi connectivity index (χ0) is 41.7. The molecule has 2 heterocycles. The van der Waals surface area contributed by atoms with Crippen molar-refractivity contribution in [3.05, 3.63) is 224 Å². The molecular weight excluding hydrogens is 759 g/mol. The lowest BCUT2D eigenvalue weighted by Crippen LogP contribution is -2.02. The first-order valence-corrected chi connectivity index (χ1v) is 20.2. The molecule has 0 fully saturated rings. The second-order valence-corrected chi connectivity index (χ2v) is 14.7. The highest BCUT2D eigenvalue weighted by Crippen LogP contribution is 2.38. The SMILES string of the molecule is [C-]#[N+]c1ccc(-c2cc(-c3nc(-c4ccccc4)nc(-c4cccc(-c5ccccc5)c4)n3)cc(-c3ccccc3-c3nc(-c4ccccc4)nc(-c4ccccc4)n3)c2)cc1. The van der Waals surface area contributed by atoms with Crippen molar-refractivity contribution >= 4 is 5.69 Å². The fraction of sp³-hybridized carbons (Fsp3) is 0. The molecule has 7 heteroatoms. The largest absolute Gasteiger partial charge is 0.238 e. The van der Waals surface area contributed by atoms with Crippen LogP contribution in [0.2, 0.25) is 0 Å². The molecule has 7 nitrogen and oxygen atoms in total. The van der Waals surface area contributed by atoms with Gasteiger partial charge in [0.15, 0.2) is 40.6 Å². The average Bonchev–Trinajstić information content (AvgIpc) is 3.37. The van der Waals surface area contributed by atoms with Crippen LogP contribution < -0.4 is 0 Å². The van der Waals surface area contributed by atoms with E-state index in [1.165, 1.54) is 0 Å². The summed E-state index contributed by atoms with van der Waals surface area (Å²) in [5.41, 5.74) is 11.7. The molecule has 0 saturated carbocycles. The normalized spacial score (nSPS) is 10.9. The molecule has 62 heavy (non-hydrogen) atoms. The molecule has 2 aromatic heterocycles. The van der Waals surface area contributed by atoms with Crippen molar-refractivity contribution in [2.24, 2.45) is 0 Å². The van der Waals surface area contributed by atoms with Gasteiger partial charge in [-0.2, -0.15) is 0 Å². The summed E-state index contributed by atoms with van der Waals surface area (Å²) in [5, 5.41) is 0. The fourth-order valence-corrected chi connectivity index (χ4v) is 7.49. The van der Waals surface area contributed by atoms with Crippen LogP contribution in [-0.2, 0) is 0 Å². The third-order valence-electron chi connectivity index (χ3n) is 10.6. The van der Waals surface area contributed by atoms with Gasteiger partial charge in [0.2, 0.25) is 0 Å². The fourth-order valence-electron chi connectivity index (χ4n) is 7.49. The molecule has 0 atom stereocenters. The minimum absolute atomic E-state index is 0.523. The van der Waals surface area contributed by atoms with Crippen molar-refractivity contribution in [2.75, 3.05) is 0 Å². The summed E-state index contributed by atoms with van der Waals surface area (Å²) < 4.78 is 0. The predicted octanol–water partition coefficient (Wildman–Crippen LogP) is 13.6. The maximum Gasteiger partial charge on any atom is 0.187 e. The van der Waals surface area contributed by atoms with E-state index in [0.29, 0.717) is 40.6 Å². The van der Waals surface area contributed by atoms with Gasteiger partial charge in [0.05, 0.1) is 6.57 Å². The lowest BCUT2D eigenvalue weighted by molar-refractivity contribution is 1.07. The van der Waals surface area contributed by atoms with Crippen molar-refractivity contribution < 1.29 is 0 Å². The summed E-state index contributed by atoms with van der Waals surface area (Å²) in [6.45, 7) is 7.59. The number of hydrogen-bond donors (Lipinski definition) is 0. The highest BCUT2D eigenvalue weighted by molar-refractivity contribution is 5.87. The van der Waals surface area contributed by atoms with Gasteiger partial charge < -0.3 is 0 Å². The van der Waals surface area contributed by atoms with Crippen molar-refractivity contribution in [2.45, 2.75) is 0 Å². The molecule has 0 radical (unpaired) electrons. The Morgan fingerprint density at radius 2 is 0.597 bits per heavy atom. The van der Waals surface area contributed by atoms with Crippen LogP contribution >= 0.6 is 0 Å². The second kappa shape index (κ2) is 16.9. The van der Waals surface area contributed by atoms with Crippen LogP contribution in [0.5, 0.6) is 0 Å². The maximum absolute atomic E-state index is 7.59. The molecule has 0 N–H and O–H groups in total. The minimum atomic E-state index is 0.523. The molecule has 0 saturated heterocycles. The smallest absolute Gasteiger partial charge is 0.187 e. The first-order valence-electron chi connectivity index (χ1n) is 20.2. The summed E-state index contributed by atoms with van der Waals surface area (Å²) in [7, 11) is 0. The van der Waals surface area contributed by atoms with Crippen LogP contribution in [0.25, 0.3) is 107 Å². The number of hydrogen-bond acceptors (Lipinski definition) is 6. The summed E-state index contributed by atoms with van der Waals surface area (Å²) in [6.07, 6.45) is 0. The van der Waals surface area contributed by atoms with E-state index in [4.69, 9.17) is 36.5 Å². The van der Waals surface area contributed by atoms with Crippen molar-refractivity contribution in [3.8, 4) is 102 Å². The number of benzene rings is 8. The number of nitrogens with zero attached hydrogens (tertiary/aromatic N) is 7. The quantitative estimate of drug-likeness (QED) is 0.135. The van der Waals surface area contributed by atoms with Gasteiger partial charge in [-0.05, 0) is 57.6 Å². The van der Waals surface area contributed by atoms with Gasteiger partial charge in [0.25, 0.3) is 0 Å². The van der Waals surface area contributed by atoms with Crippen molar-refractivity contribution in [3.63, 3.8) is 0 Å². The van der Waals surface area contributed by atoms with Crippen LogP contribution in [0, 0.1) is 6.57 Å². The van der Waals surface area contributed by atoms with E-state index in [9.17, 15) is 0 Å². The third kappa shape index (κ3) is 7.87. The Hall–Kier alpha value is -8.73. The molecule has 0 aliphatic carbocycles. The Bertz CT molecular complexity index is 3160. The number of rotatable bonds is 9. The molecule has 0 aliphatic heterocycles. The van der Waals surface area contributed by atoms with E-state index in [1.54, 1.807) is 0 Å². The molecule has 0 aliphatic rings. The van der Waals surface area contributed by atoms with Gasteiger partial charge in [-0.3, -0.25) is 0 Å². The van der Waals surface area contributed by atoms with Crippen molar-refractivity contribution in [1.29, 1.82) is 0 Å². The zero-order valence-corrected chi connectivity index (χ0v) is 33.3. The van der Waals surface area contributed by atoms with Gasteiger partial charge in [-0.1, -0.05) is 188 Å². The van der Waals surface area contributed by atoms with Gasteiger partial charge >= 0.3 is 0 Å². The van der Waals surface area contributed by atoms with Crippen molar-refractivity contribution in [1.82, 2.24) is 29.9 Å². The standard InChI is InChI=1S/C55H35N7/c1-56-47-31-29-38(30-32-47)44-34-45(48-27-14-15-28-49(48)55-61-51(40-21-10-4-11-22-40)57-52(62-55)41-23-12-5-13-24-41)36-46(35-44)54-59-50(39-19-8-3-9-20-39)58-53(60-54)43-26-16-25-42(33-43)37-17-6-2-7-18-37/h2-36H. The maximum atomic E-state index is 7.59. The van der Waals surface area contributed by atoms with Gasteiger partial charge in [0.1, 0.15) is 0 Å². The molecule has 8 aromatic carbocycles. The third-order valence-corrected chi connectivity index (χ3v) is 10.6. The van der Waals surface area contributed by atoms with E-state index in [1.807, 2.05) is 158 Å². The predicted molar refractivity (Wildman–Crippen MR) is 248 cm³/mol. The van der Waals surface area contributed by atoms with E-state index >= 15 is 0 Å². The first kappa shape index (κ1) is 37.5. The van der Waals surface area contributed by atoms with Gasteiger partial charge in [0, 0.05) is 33.4 Å². The molecule has 0 amide bonds. The number of aromatic nitrogens is 6. The highest BCUT2D eigenvalue weighted by atomic mass is 15.0. The minimum Gasteiger partial charge on any atom is -0.238 e. The monoisotopic (exact) mass is 793 g/mol. The Balaban J connectivity index is 1.18. The van der Waals surface area contributed by atoms with Crippen LogP contribution in [-0.4, -0.2) is 29.9 Å². The molecular formula is C55H35N7. The Labute approximate surface area is 359 Å². The highest BCUT2D eigenvalue weighted by Gasteiger charge is 2.19. The molecule has 0 spiro atoms. The first-order chi connectivity index (χ1) is 30.6. The van der Waals surface area contributed by atoms with E-state index in [2.05, 4.69) is 59.4 Å². The van der Waals surface area contributed by atoms with E-state index in [0.717, 1.165) is 66.8 Å². The van der Waals surface area contributed by atoms with E-state index in [-0.39, 0.29) is 0 Å². The summed E-state index contributed by atoms with van der Waals surface area (Å²) in [5.74, 6) is 3.37. The van der Waals surface area contributed by atoms with Crippen LogP contribution in [0.4, 0.5) is 5.69 Å². The van der Waals surface area contributed by atoms with Gasteiger partial charge in [-0.25, -0.2) is 34.7 Å². The zero-order valence-electron chi connectivity index (χ0n) is 33.3. The topological polar surface area (TPSA) is 81.7 Å².